The van der Waals surface area contributed by atoms with Crippen molar-refractivity contribution in [3.63, 3.8) is 0 Å². The number of nitrogens with one attached hydrogen (secondary N) is 1. The molecule has 0 bridgehead atoms. The smallest absolute Gasteiger partial charge is 0.189 e. The molecular weight excluding hydrogens is 254 g/mol. The van der Waals surface area contributed by atoms with Crippen LogP contribution in [-0.2, 0) is 11.3 Å². The van der Waals surface area contributed by atoms with Gasteiger partial charge in [-0.15, -0.1) is 0 Å². The SMILES string of the molecule is CCCOc1ccc(CNC(C)C)c(OCOCC)c1. The molecule has 1 N–H and O–H groups in total. The fourth-order valence-corrected chi connectivity index (χ4v) is 1.63. The molecule has 1 aromatic rings. The molecule has 1 rings (SSSR count). The van der Waals surface area contributed by atoms with Gasteiger partial charge >= 0.3 is 0 Å². The average Bonchev–Trinajstić information content (AvgIpc) is 2.44. The normalized spacial score (nSPS) is 10.8. The van der Waals surface area contributed by atoms with Crippen molar-refractivity contribution < 1.29 is 14.2 Å². The van der Waals surface area contributed by atoms with Crippen LogP contribution in [0.5, 0.6) is 11.5 Å². The molecule has 0 aliphatic carbocycles. The van der Waals surface area contributed by atoms with E-state index in [0.29, 0.717) is 19.3 Å². The minimum Gasteiger partial charge on any atom is -0.493 e. The maximum absolute atomic E-state index is 5.69. The van der Waals surface area contributed by atoms with Gasteiger partial charge in [0.25, 0.3) is 0 Å². The van der Waals surface area contributed by atoms with Crippen LogP contribution in [0.25, 0.3) is 0 Å². The predicted octanol–water partition coefficient (Wildman–Crippen LogP) is 3.35. The van der Waals surface area contributed by atoms with Crippen LogP contribution in [-0.4, -0.2) is 26.0 Å². The first-order valence-corrected chi connectivity index (χ1v) is 7.37. The summed E-state index contributed by atoms with van der Waals surface area (Å²) in [5, 5.41) is 3.39. The Balaban J connectivity index is 2.73. The van der Waals surface area contributed by atoms with Gasteiger partial charge in [-0.2, -0.15) is 0 Å². The van der Waals surface area contributed by atoms with Gasteiger partial charge in [0.05, 0.1) is 6.61 Å². The molecule has 0 fully saturated rings. The zero-order valence-corrected chi connectivity index (χ0v) is 13.1. The molecule has 0 saturated carbocycles. The first-order chi connectivity index (χ1) is 9.67. The van der Waals surface area contributed by atoms with Crippen molar-refractivity contribution in [1.82, 2.24) is 5.32 Å². The van der Waals surface area contributed by atoms with Crippen LogP contribution < -0.4 is 14.8 Å². The average molecular weight is 281 g/mol. The summed E-state index contributed by atoms with van der Waals surface area (Å²) in [7, 11) is 0. The number of hydrogen-bond acceptors (Lipinski definition) is 4. The maximum atomic E-state index is 5.69. The molecule has 0 spiro atoms. The molecule has 0 aromatic heterocycles. The zero-order valence-electron chi connectivity index (χ0n) is 13.1. The van der Waals surface area contributed by atoms with E-state index < -0.39 is 0 Å². The van der Waals surface area contributed by atoms with E-state index in [1.54, 1.807) is 0 Å². The first kappa shape index (κ1) is 16.8. The topological polar surface area (TPSA) is 39.7 Å². The van der Waals surface area contributed by atoms with Gasteiger partial charge in [0.15, 0.2) is 6.79 Å². The van der Waals surface area contributed by atoms with Crippen molar-refractivity contribution >= 4 is 0 Å². The highest BCUT2D eigenvalue weighted by Gasteiger charge is 2.07. The van der Waals surface area contributed by atoms with E-state index in [1.165, 1.54) is 0 Å². The molecule has 0 saturated heterocycles. The summed E-state index contributed by atoms with van der Waals surface area (Å²) in [5.74, 6) is 1.66. The minimum atomic E-state index is 0.266. The lowest BCUT2D eigenvalue weighted by Gasteiger charge is -2.15. The highest BCUT2D eigenvalue weighted by atomic mass is 16.7. The standard InChI is InChI=1S/C16H27NO3/c1-5-9-19-15-8-7-14(11-17-13(3)4)16(10-15)20-12-18-6-2/h7-8,10,13,17H,5-6,9,11-12H2,1-4H3. The van der Waals surface area contributed by atoms with E-state index in [4.69, 9.17) is 14.2 Å². The predicted molar refractivity (Wildman–Crippen MR) is 81.3 cm³/mol. The fourth-order valence-electron chi connectivity index (χ4n) is 1.63. The molecule has 20 heavy (non-hydrogen) atoms. The molecule has 0 atom stereocenters. The van der Waals surface area contributed by atoms with Crippen LogP contribution in [0.1, 0.15) is 39.7 Å². The Morgan fingerprint density at radius 1 is 1.15 bits per heavy atom. The first-order valence-electron chi connectivity index (χ1n) is 7.37. The molecule has 4 heteroatoms. The van der Waals surface area contributed by atoms with Gasteiger partial charge in [-0.3, -0.25) is 0 Å². The largest absolute Gasteiger partial charge is 0.493 e. The van der Waals surface area contributed by atoms with Crippen molar-refractivity contribution in [3.05, 3.63) is 23.8 Å². The van der Waals surface area contributed by atoms with Crippen LogP contribution in [0, 0.1) is 0 Å². The van der Waals surface area contributed by atoms with E-state index in [9.17, 15) is 0 Å². The summed E-state index contributed by atoms with van der Waals surface area (Å²) in [6.07, 6.45) is 0.992. The Bertz CT molecular complexity index is 380. The van der Waals surface area contributed by atoms with Gasteiger partial charge in [0, 0.05) is 30.8 Å². The summed E-state index contributed by atoms with van der Waals surface area (Å²) in [5.41, 5.74) is 1.11. The quantitative estimate of drug-likeness (QED) is 0.527. The molecule has 114 valence electrons. The molecule has 0 radical (unpaired) electrons. The summed E-state index contributed by atoms with van der Waals surface area (Å²) in [4.78, 5) is 0. The van der Waals surface area contributed by atoms with E-state index in [2.05, 4.69) is 26.1 Å². The van der Waals surface area contributed by atoms with Crippen molar-refractivity contribution in [2.24, 2.45) is 0 Å². The van der Waals surface area contributed by atoms with Crippen LogP contribution >= 0.6 is 0 Å². The van der Waals surface area contributed by atoms with Gasteiger partial charge in [0.1, 0.15) is 11.5 Å². The van der Waals surface area contributed by atoms with Gasteiger partial charge in [-0.1, -0.05) is 26.8 Å². The molecule has 0 heterocycles. The zero-order chi connectivity index (χ0) is 14.8. The number of hydrogen-bond donors (Lipinski definition) is 1. The van der Waals surface area contributed by atoms with Gasteiger partial charge < -0.3 is 19.5 Å². The molecule has 4 nitrogen and oxygen atoms in total. The lowest BCUT2D eigenvalue weighted by molar-refractivity contribution is 0.0216. The second-order valence-corrected chi connectivity index (χ2v) is 4.91. The van der Waals surface area contributed by atoms with Crippen LogP contribution in [0.2, 0.25) is 0 Å². The van der Waals surface area contributed by atoms with Crippen LogP contribution in [0.3, 0.4) is 0 Å². The Labute approximate surface area is 122 Å². The van der Waals surface area contributed by atoms with E-state index in [-0.39, 0.29) is 6.79 Å². The molecule has 1 aromatic carbocycles. The highest BCUT2D eigenvalue weighted by molar-refractivity contribution is 5.40. The van der Waals surface area contributed by atoms with E-state index in [0.717, 1.165) is 30.0 Å². The highest BCUT2D eigenvalue weighted by Crippen LogP contribution is 2.25. The van der Waals surface area contributed by atoms with Crippen molar-refractivity contribution in [3.8, 4) is 11.5 Å². The summed E-state index contributed by atoms with van der Waals surface area (Å²) < 4.78 is 16.6. The third kappa shape index (κ3) is 6.26. The van der Waals surface area contributed by atoms with Crippen LogP contribution in [0.4, 0.5) is 0 Å². The Kier molecular flexibility index (Phi) is 8.07. The van der Waals surface area contributed by atoms with Gasteiger partial charge in [-0.25, -0.2) is 0 Å². The number of benzene rings is 1. The number of ether oxygens (including phenoxy) is 3. The lowest BCUT2D eigenvalue weighted by atomic mass is 10.2. The van der Waals surface area contributed by atoms with Gasteiger partial charge in [0.2, 0.25) is 0 Å². The molecule has 0 unspecified atom stereocenters. The third-order valence-corrected chi connectivity index (χ3v) is 2.71. The summed E-state index contributed by atoms with van der Waals surface area (Å²) in [6.45, 7) is 10.7. The lowest BCUT2D eigenvalue weighted by Crippen LogP contribution is -2.22. The van der Waals surface area contributed by atoms with E-state index >= 15 is 0 Å². The van der Waals surface area contributed by atoms with E-state index in [1.807, 2.05) is 25.1 Å². The monoisotopic (exact) mass is 281 g/mol. The molecular formula is C16H27NO3. The summed E-state index contributed by atoms with van der Waals surface area (Å²) in [6, 6.07) is 6.40. The maximum Gasteiger partial charge on any atom is 0.189 e. The van der Waals surface area contributed by atoms with Crippen molar-refractivity contribution in [1.29, 1.82) is 0 Å². The molecule has 0 aliphatic heterocycles. The Hall–Kier alpha value is -1.26. The van der Waals surface area contributed by atoms with Gasteiger partial charge in [-0.05, 0) is 19.4 Å². The minimum absolute atomic E-state index is 0.266. The fraction of sp³-hybridized carbons (Fsp3) is 0.625. The Morgan fingerprint density at radius 3 is 2.60 bits per heavy atom. The second-order valence-electron chi connectivity index (χ2n) is 4.91. The number of rotatable bonds is 10. The third-order valence-electron chi connectivity index (χ3n) is 2.71. The summed E-state index contributed by atoms with van der Waals surface area (Å²) >= 11 is 0. The van der Waals surface area contributed by atoms with Crippen LogP contribution in [0.15, 0.2) is 18.2 Å². The second kappa shape index (κ2) is 9.61. The van der Waals surface area contributed by atoms with Crippen molar-refractivity contribution in [2.45, 2.75) is 46.7 Å². The van der Waals surface area contributed by atoms with Crippen molar-refractivity contribution in [2.75, 3.05) is 20.0 Å². The molecule has 0 amide bonds. The molecule has 0 aliphatic rings. The Morgan fingerprint density at radius 2 is 1.95 bits per heavy atom.